The first kappa shape index (κ1) is 19.7. The maximum absolute atomic E-state index is 12.3. The Morgan fingerprint density at radius 3 is 2.70 bits per heavy atom. The molecule has 0 aliphatic carbocycles. The molecular formula is C19H16BrClN4OS. The highest BCUT2D eigenvalue weighted by atomic mass is 79.9. The minimum atomic E-state index is -0.163. The molecule has 138 valence electrons. The highest BCUT2D eigenvalue weighted by Crippen LogP contribution is 2.29. The van der Waals surface area contributed by atoms with Gasteiger partial charge in [-0.3, -0.25) is 9.36 Å². The summed E-state index contributed by atoms with van der Waals surface area (Å²) in [6.07, 6.45) is 1.78. The number of hydrogen-bond donors (Lipinski definition) is 1. The topological polar surface area (TPSA) is 59.8 Å². The third kappa shape index (κ3) is 4.80. The van der Waals surface area contributed by atoms with Gasteiger partial charge < -0.3 is 5.32 Å². The molecule has 5 nitrogen and oxygen atoms in total. The van der Waals surface area contributed by atoms with Crippen LogP contribution in [0.2, 0.25) is 5.02 Å². The number of halogens is 2. The minimum absolute atomic E-state index is 0.163. The van der Waals surface area contributed by atoms with E-state index in [-0.39, 0.29) is 11.7 Å². The second-order valence-corrected chi connectivity index (χ2v) is 7.71. The molecule has 0 unspecified atom stereocenters. The normalized spacial score (nSPS) is 10.6. The first-order valence-electron chi connectivity index (χ1n) is 8.06. The van der Waals surface area contributed by atoms with Crippen molar-refractivity contribution in [2.75, 3.05) is 11.1 Å². The maximum Gasteiger partial charge on any atom is 0.234 e. The fourth-order valence-electron chi connectivity index (χ4n) is 2.41. The van der Waals surface area contributed by atoms with Gasteiger partial charge in [-0.25, -0.2) is 0 Å². The largest absolute Gasteiger partial charge is 0.324 e. The Hall–Kier alpha value is -2.09. The highest BCUT2D eigenvalue weighted by molar-refractivity contribution is 9.10. The van der Waals surface area contributed by atoms with Gasteiger partial charge in [0.1, 0.15) is 0 Å². The fourth-order valence-corrected chi connectivity index (χ4v) is 3.80. The average molecular weight is 464 g/mol. The van der Waals surface area contributed by atoms with Crippen LogP contribution in [0.3, 0.4) is 0 Å². The fraction of sp³-hybridized carbons (Fsp3) is 0.105. The Bertz CT molecular complexity index is 976. The number of anilines is 1. The molecule has 2 aromatic carbocycles. The first-order chi connectivity index (χ1) is 13.1. The van der Waals surface area contributed by atoms with Crippen molar-refractivity contribution in [3.63, 3.8) is 0 Å². The lowest BCUT2D eigenvalue weighted by Crippen LogP contribution is -2.15. The smallest absolute Gasteiger partial charge is 0.234 e. The zero-order valence-electron chi connectivity index (χ0n) is 14.2. The quantitative estimate of drug-likeness (QED) is 0.383. The van der Waals surface area contributed by atoms with Crippen LogP contribution in [0, 0.1) is 0 Å². The molecule has 0 atom stereocenters. The molecule has 3 rings (SSSR count). The van der Waals surface area contributed by atoms with Gasteiger partial charge in [0.25, 0.3) is 0 Å². The maximum atomic E-state index is 12.3. The molecule has 0 aliphatic heterocycles. The third-order valence-corrected chi connectivity index (χ3v) is 5.61. The Morgan fingerprint density at radius 1 is 1.22 bits per heavy atom. The number of hydrogen-bond acceptors (Lipinski definition) is 4. The molecule has 0 bridgehead atoms. The van der Waals surface area contributed by atoms with Gasteiger partial charge in [-0.15, -0.1) is 16.8 Å². The molecule has 0 fully saturated rings. The van der Waals surface area contributed by atoms with E-state index in [0.717, 1.165) is 15.9 Å². The van der Waals surface area contributed by atoms with Crippen molar-refractivity contribution < 1.29 is 4.79 Å². The van der Waals surface area contributed by atoms with Gasteiger partial charge in [0, 0.05) is 16.6 Å². The third-order valence-electron chi connectivity index (χ3n) is 3.62. The summed E-state index contributed by atoms with van der Waals surface area (Å²) in [7, 11) is 0. The number of amides is 1. The van der Waals surface area contributed by atoms with Crippen molar-refractivity contribution in [2.45, 2.75) is 11.7 Å². The molecule has 0 spiro atoms. The van der Waals surface area contributed by atoms with Crippen LogP contribution < -0.4 is 5.32 Å². The van der Waals surface area contributed by atoms with Gasteiger partial charge in [-0.2, -0.15) is 0 Å². The van der Waals surface area contributed by atoms with E-state index in [0.29, 0.717) is 22.4 Å². The lowest BCUT2D eigenvalue weighted by atomic mass is 10.2. The van der Waals surface area contributed by atoms with Crippen molar-refractivity contribution in [2.24, 2.45) is 0 Å². The van der Waals surface area contributed by atoms with E-state index in [2.05, 4.69) is 38.0 Å². The molecule has 0 aliphatic rings. The Kier molecular flexibility index (Phi) is 6.71. The molecule has 1 heterocycles. The van der Waals surface area contributed by atoms with E-state index in [9.17, 15) is 4.79 Å². The van der Waals surface area contributed by atoms with E-state index < -0.39 is 0 Å². The van der Waals surface area contributed by atoms with Gasteiger partial charge in [0.05, 0.1) is 16.5 Å². The number of rotatable bonds is 7. The molecule has 0 saturated heterocycles. The second-order valence-electron chi connectivity index (χ2n) is 5.50. The van der Waals surface area contributed by atoms with Crippen molar-refractivity contribution in [3.8, 4) is 11.4 Å². The summed E-state index contributed by atoms with van der Waals surface area (Å²) in [5, 5.41) is 12.5. The van der Waals surface area contributed by atoms with Crippen molar-refractivity contribution in [3.05, 3.63) is 70.7 Å². The van der Waals surface area contributed by atoms with Crippen molar-refractivity contribution in [1.82, 2.24) is 14.8 Å². The van der Waals surface area contributed by atoms with Crippen LogP contribution in [0.4, 0.5) is 5.69 Å². The molecule has 1 aromatic heterocycles. The summed E-state index contributed by atoms with van der Waals surface area (Å²) in [4.78, 5) is 12.3. The van der Waals surface area contributed by atoms with Gasteiger partial charge in [-0.1, -0.05) is 75.7 Å². The molecule has 0 radical (unpaired) electrons. The number of thioether (sulfide) groups is 1. The first-order valence-corrected chi connectivity index (χ1v) is 10.2. The average Bonchev–Trinajstić information content (AvgIpc) is 3.05. The zero-order valence-corrected chi connectivity index (χ0v) is 17.4. The molecule has 3 aromatic rings. The number of benzene rings is 2. The monoisotopic (exact) mass is 462 g/mol. The van der Waals surface area contributed by atoms with E-state index in [1.807, 2.05) is 41.0 Å². The van der Waals surface area contributed by atoms with Crippen LogP contribution >= 0.6 is 39.3 Å². The Labute approximate surface area is 175 Å². The molecule has 1 amide bonds. The number of nitrogens with zero attached hydrogens (tertiary/aromatic N) is 3. The molecule has 1 N–H and O–H groups in total. The van der Waals surface area contributed by atoms with Gasteiger partial charge in [-0.05, 0) is 18.2 Å². The zero-order chi connectivity index (χ0) is 19.2. The molecule has 0 saturated carbocycles. The molecule has 27 heavy (non-hydrogen) atoms. The number of aromatic nitrogens is 3. The van der Waals surface area contributed by atoms with E-state index in [1.54, 1.807) is 18.2 Å². The lowest BCUT2D eigenvalue weighted by Gasteiger charge is -2.09. The van der Waals surface area contributed by atoms with Gasteiger partial charge in [0.2, 0.25) is 5.91 Å². The highest BCUT2D eigenvalue weighted by Gasteiger charge is 2.16. The van der Waals surface area contributed by atoms with Gasteiger partial charge >= 0.3 is 0 Å². The van der Waals surface area contributed by atoms with Crippen LogP contribution in [0.1, 0.15) is 0 Å². The predicted octanol–water partition coefficient (Wildman–Crippen LogP) is 5.28. The number of carbonyl (C=O) groups excluding carboxylic acids is 1. The number of nitrogens with one attached hydrogen (secondary N) is 1. The van der Waals surface area contributed by atoms with Crippen LogP contribution in [-0.4, -0.2) is 26.4 Å². The standard InChI is InChI=1S/C19H16BrClN4OS/c1-2-11-25-18(13-7-3-4-8-14(13)20)23-24-19(25)27-12-17(26)22-16-10-6-5-9-15(16)21/h2-10H,1,11-12H2,(H,22,26). The number of allylic oxidation sites excluding steroid dienone is 1. The second kappa shape index (κ2) is 9.21. The van der Waals surface area contributed by atoms with Crippen molar-refractivity contribution >= 4 is 50.9 Å². The van der Waals surface area contributed by atoms with E-state index in [4.69, 9.17) is 11.6 Å². The van der Waals surface area contributed by atoms with Crippen LogP contribution in [0.15, 0.2) is 70.8 Å². The summed E-state index contributed by atoms with van der Waals surface area (Å²) >= 11 is 10.9. The summed E-state index contributed by atoms with van der Waals surface area (Å²) in [5.41, 5.74) is 1.52. The van der Waals surface area contributed by atoms with Crippen LogP contribution in [0.5, 0.6) is 0 Å². The van der Waals surface area contributed by atoms with Crippen molar-refractivity contribution in [1.29, 1.82) is 0 Å². The Balaban J connectivity index is 1.75. The summed E-state index contributed by atoms with van der Waals surface area (Å²) in [6.45, 7) is 4.34. The molecule has 8 heteroatoms. The number of para-hydroxylation sites is 1. The predicted molar refractivity (Wildman–Crippen MR) is 114 cm³/mol. The minimum Gasteiger partial charge on any atom is -0.324 e. The van der Waals surface area contributed by atoms with E-state index >= 15 is 0 Å². The lowest BCUT2D eigenvalue weighted by molar-refractivity contribution is -0.113. The van der Waals surface area contributed by atoms with E-state index in [1.165, 1.54) is 11.8 Å². The summed E-state index contributed by atoms with van der Waals surface area (Å²) in [6, 6.07) is 14.9. The van der Waals surface area contributed by atoms with Crippen LogP contribution in [-0.2, 0) is 11.3 Å². The SMILES string of the molecule is C=CCn1c(SCC(=O)Nc2ccccc2Cl)nnc1-c1ccccc1Br. The summed E-state index contributed by atoms with van der Waals surface area (Å²) < 4.78 is 2.86. The molecular weight excluding hydrogens is 448 g/mol. The summed E-state index contributed by atoms with van der Waals surface area (Å²) in [5.74, 6) is 0.747. The Morgan fingerprint density at radius 2 is 1.96 bits per heavy atom. The number of carbonyl (C=O) groups is 1. The van der Waals surface area contributed by atoms with Crippen LogP contribution in [0.25, 0.3) is 11.4 Å². The van der Waals surface area contributed by atoms with Gasteiger partial charge in [0.15, 0.2) is 11.0 Å².